The van der Waals surface area contributed by atoms with E-state index in [0.717, 1.165) is 13.0 Å². The second kappa shape index (κ2) is 6.70. The number of carbonyl (C=O) groups is 1. The minimum atomic E-state index is -3.11. The molecule has 1 amide bonds. The summed E-state index contributed by atoms with van der Waals surface area (Å²) in [6, 6.07) is -0.480. The summed E-state index contributed by atoms with van der Waals surface area (Å²) in [5, 5.41) is 2.13. The molecule has 3 N–H and O–H groups in total. The van der Waals surface area contributed by atoms with Gasteiger partial charge in [-0.3, -0.25) is 9.69 Å². The van der Waals surface area contributed by atoms with E-state index in [-0.39, 0.29) is 24.0 Å². The molecular weight excluding hydrogens is 278 g/mol. The van der Waals surface area contributed by atoms with E-state index in [2.05, 4.69) is 5.32 Å². The van der Waals surface area contributed by atoms with Crippen LogP contribution in [-0.4, -0.2) is 68.8 Å². The molecule has 1 heterocycles. The number of alkyl halides is 1. The highest BCUT2D eigenvalue weighted by molar-refractivity contribution is 7.91. The smallest absolute Gasteiger partial charge is 0.234 e. The molecule has 1 fully saturated rings. The topological polar surface area (TPSA) is 92.5 Å². The van der Waals surface area contributed by atoms with Gasteiger partial charge in [0.25, 0.3) is 0 Å². The van der Waals surface area contributed by atoms with Crippen molar-refractivity contribution in [1.29, 1.82) is 0 Å². The number of halogens is 1. The van der Waals surface area contributed by atoms with Crippen LogP contribution in [0, 0.1) is 0 Å². The number of hydrogen-bond acceptors (Lipinski definition) is 5. The van der Waals surface area contributed by atoms with Gasteiger partial charge < -0.3 is 11.1 Å². The maximum absolute atomic E-state index is 11.7. The van der Waals surface area contributed by atoms with Crippen LogP contribution in [0.5, 0.6) is 0 Å². The van der Waals surface area contributed by atoms with Crippen molar-refractivity contribution >= 4 is 27.3 Å². The largest absolute Gasteiger partial charge is 0.350 e. The quantitative estimate of drug-likeness (QED) is 0.600. The van der Waals surface area contributed by atoms with Gasteiger partial charge in [-0.2, -0.15) is 0 Å². The third-order valence-corrected chi connectivity index (χ3v) is 5.16. The first-order chi connectivity index (χ1) is 8.34. The highest BCUT2D eigenvalue weighted by Gasteiger charge is 2.37. The summed E-state index contributed by atoms with van der Waals surface area (Å²) in [6.45, 7) is 1.54. The number of carbonyl (C=O) groups excluding carboxylic acids is 1. The Morgan fingerprint density at radius 3 is 2.67 bits per heavy atom. The summed E-state index contributed by atoms with van der Waals surface area (Å²) < 4.78 is 22.7. The molecule has 0 aliphatic carbocycles. The average molecular weight is 298 g/mol. The van der Waals surface area contributed by atoms with Crippen LogP contribution in [0.2, 0.25) is 0 Å². The monoisotopic (exact) mass is 297 g/mol. The van der Waals surface area contributed by atoms with Crippen molar-refractivity contribution in [1.82, 2.24) is 10.2 Å². The predicted octanol–water partition coefficient (Wildman–Crippen LogP) is -1.21. The van der Waals surface area contributed by atoms with Crippen LogP contribution < -0.4 is 11.1 Å². The van der Waals surface area contributed by atoms with E-state index in [1.54, 1.807) is 0 Å². The molecule has 18 heavy (non-hydrogen) atoms. The zero-order chi connectivity index (χ0) is 13.8. The summed E-state index contributed by atoms with van der Waals surface area (Å²) in [7, 11) is -1.29. The van der Waals surface area contributed by atoms with Crippen molar-refractivity contribution in [2.75, 3.05) is 38.2 Å². The minimum absolute atomic E-state index is 0.0669. The first kappa shape index (κ1) is 15.7. The van der Waals surface area contributed by atoms with Gasteiger partial charge in [-0.1, -0.05) is 0 Å². The maximum atomic E-state index is 11.7. The fourth-order valence-corrected chi connectivity index (χ4v) is 4.42. The van der Waals surface area contributed by atoms with Crippen molar-refractivity contribution < 1.29 is 13.2 Å². The molecule has 0 aromatic carbocycles. The summed E-state index contributed by atoms with van der Waals surface area (Å²) >= 11 is 5.90. The average Bonchev–Trinajstić information content (AvgIpc) is 2.48. The lowest BCUT2D eigenvalue weighted by Gasteiger charge is -2.19. The van der Waals surface area contributed by atoms with Crippen LogP contribution in [0.4, 0.5) is 0 Å². The maximum Gasteiger partial charge on any atom is 0.234 e. The molecule has 2 unspecified atom stereocenters. The Bertz CT molecular complexity index is 388. The van der Waals surface area contributed by atoms with Gasteiger partial charge in [-0.15, -0.1) is 11.6 Å². The van der Waals surface area contributed by atoms with Gasteiger partial charge in [-0.05, 0) is 26.6 Å². The van der Waals surface area contributed by atoms with E-state index in [9.17, 15) is 13.2 Å². The first-order valence-corrected chi connectivity index (χ1v) is 8.12. The normalized spacial score (nSPS) is 26.4. The first-order valence-electron chi connectivity index (χ1n) is 5.86. The fourth-order valence-electron chi connectivity index (χ4n) is 1.87. The molecule has 0 aromatic heterocycles. The van der Waals surface area contributed by atoms with Gasteiger partial charge in [0.05, 0.1) is 29.5 Å². The summed E-state index contributed by atoms with van der Waals surface area (Å²) in [4.78, 5) is 13.5. The highest BCUT2D eigenvalue weighted by atomic mass is 35.5. The number of rotatable bonds is 6. The molecule has 1 aliphatic rings. The van der Waals surface area contributed by atoms with Crippen molar-refractivity contribution in [3.8, 4) is 0 Å². The van der Waals surface area contributed by atoms with Crippen LogP contribution in [0.15, 0.2) is 0 Å². The number of nitrogens with two attached hydrogens (primary N) is 1. The molecule has 2 atom stereocenters. The third kappa shape index (κ3) is 5.09. The lowest BCUT2D eigenvalue weighted by molar-refractivity contribution is -0.122. The lowest BCUT2D eigenvalue weighted by Crippen LogP contribution is -2.45. The van der Waals surface area contributed by atoms with Gasteiger partial charge in [0, 0.05) is 0 Å². The van der Waals surface area contributed by atoms with E-state index < -0.39 is 21.3 Å². The van der Waals surface area contributed by atoms with Crippen LogP contribution >= 0.6 is 11.6 Å². The lowest BCUT2D eigenvalue weighted by atomic mass is 10.2. The van der Waals surface area contributed by atoms with Crippen LogP contribution in [-0.2, 0) is 14.6 Å². The summed E-state index contributed by atoms with van der Waals surface area (Å²) in [6.07, 6.45) is 0.819. The molecular formula is C10H20ClN3O3S. The molecule has 0 radical (unpaired) electrons. The fraction of sp³-hybridized carbons (Fsp3) is 0.900. The number of hydrogen-bond donors (Lipinski definition) is 2. The second-order valence-electron chi connectivity index (χ2n) is 4.65. The van der Waals surface area contributed by atoms with Crippen LogP contribution in [0.1, 0.15) is 6.42 Å². The zero-order valence-corrected chi connectivity index (χ0v) is 12.0. The summed E-state index contributed by atoms with van der Waals surface area (Å²) in [5.74, 6) is -0.343. The molecule has 106 valence electrons. The Labute approximate surface area is 113 Å². The van der Waals surface area contributed by atoms with Crippen molar-refractivity contribution in [2.45, 2.75) is 17.8 Å². The molecule has 1 aliphatic heterocycles. The Morgan fingerprint density at radius 2 is 2.17 bits per heavy atom. The molecule has 6 nitrogen and oxygen atoms in total. The number of sulfone groups is 1. The highest BCUT2D eigenvalue weighted by Crippen LogP contribution is 2.17. The van der Waals surface area contributed by atoms with Gasteiger partial charge >= 0.3 is 0 Å². The van der Waals surface area contributed by atoms with Crippen molar-refractivity contribution in [3.63, 3.8) is 0 Å². The predicted molar refractivity (Wildman–Crippen MR) is 71.4 cm³/mol. The van der Waals surface area contributed by atoms with E-state index in [1.165, 1.54) is 0 Å². The molecule has 0 bridgehead atoms. The molecule has 8 heteroatoms. The summed E-state index contributed by atoms with van der Waals surface area (Å²) in [5.41, 5.74) is 5.38. The standard InChI is InChI=1S/C10H20ClN3O3S/c1-14(4-2-3-12)5-10(15)13-9-7-18(16,17)6-8(9)11/h8-9H,2-7,12H2,1H3,(H,13,15). The van der Waals surface area contributed by atoms with Gasteiger partial charge in [0.15, 0.2) is 9.84 Å². The Morgan fingerprint density at radius 1 is 1.50 bits per heavy atom. The molecule has 0 saturated carbocycles. The SMILES string of the molecule is CN(CCCN)CC(=O)NC1CS(=O)(=O)CC1Cl. The second-order valence-corrected chi connectivity index (χ2v) is 7.36. The van der Waals surface area contributed by atoms with Crippen molar-refractivity contribution in [2.24, 2.45) is 5.73 Å². The number of nitrogens with zero attached hydrogens (tertiary/aromatic N) is 1. The molecule has 1 saturated heterocycles. The van der Waals surface area contributed by atoms with Gasteiger partial charge in [0.2, 0.25) is 5.91 Å². The van der Waals surface area contributed by atoms with Gasteiger partial charge in [-0.25, -0.2) is 8.42 Å². The van der Waals surface area contributed by atoms with E-state index in [4.69, 9.17) is 17.3 Å². The number of likely N-dealkylation sites (N-methyl/N-ethyl adjacent to an activating group) is 1. The molecule has 0 spiro atoms. The molecule has 0 aromatic rings. The number of nitrogens with one attached hydrogen (secondary N) is 1. The van der Waals surface area contributed by atoms with E-state index >= 15 is 0 Å². The Balaban J connectivity index is 2.37. The third-order valence-electron chi connectivity index (χ3n) is 2.79. The van der Waals surface area contributed by atoms with Crippen LogP contribution in [0.3, 0.4) is 0 Å². The Kier molecular flexibility index (Phi) is 5.84. The Hall–Kier alpha value is -0.370. The van der Waals surface area contributed by atoms with E-state index in [0.29, 0.717) is 6.54 Å². The molecule has 1 rings (SSSR count). The van der Waals surface area contributed by atoms with Gasteiger partial charge in [0.1, 0.15) is 0 Å². The van der Waals surface area contributed by atoms with Crippen molar-refractivity contribution in [3.05, 3.63) is 0 Å². The zero-order valence-electron chi connectivity index (χ0n) is 10.4. The number of amides is 1. The minimum Gasteiger partial charge on any atom is -0.350 e. The van der Waals surface area contributed by atoms with E-state index in [1.807, 2.05) is 11.9 Å². The van der Waals surface area contributed by atoms with Crippen LogP contribution in [0.25, 0.3) is 0 Å².